The maximum Gasteiger partial charge on any atom is 0.416 e. The van der Waals surface area contributed by atoms with Crippen LogP contribution in [-0.4, -0.2) is 48.9 Å². The highest BCUT2D eigenvalue weighted by molar-refractivity contribution is 5.92. The third-order valence-electron chi connectivity index (χ3n) is 6.95. The molecule has 0 aliphatic carbocycles. The van der Waals surface area contributed by atoms with Crippen LogP contribution in [0.3, 0.4) is 0 Å². The lowest BCUT2D eigenvalue weighted by atomic mass is 9.82. The molecule has 2 aromatic carbocycles. The van der Waals surface area contributed by atoms with Gasteiger partial charge in [0.15, 0.2) is 5.76 Å². The molecule has 2 atom stereocenters. The molecule has 1 fully saturated rings. The van der Waals surface area contributed by atoms with Crippen molar-refractivity contribution in [2.45, 2.75) is 25.1 Å². The molecule has 6 nitrogen and oxygen atoms in total. The Morgan fingerprint density at radius 2 is 1.83 bits per heavy atom. The Kier molecular flexibility index (Phi) is 6.47. The Morgan fingerprint density at radius 3 is 2.56 bits per heavy atom. The minimum absolute atomic E-state index is 0.167. The molecule has 3 aromatic rings. The number of piperazine rings is 1. The van der Waals surface area contributed by atoms with Crippen LogP contribution in [0, 0.1) is 5.92 Å². The van der Waals surface area contributed by atoms with Gasteiger partial charge in [-0.2, -0.15) is 13.2 Å². The van der Waals surface area contributed by atoms with Gasteiger partial charge in [-0.1, -0.05) is 30.3 Å². The van der Waals surface area contributed by atoms with E-state index in [9.17, 15) is 22.8 Å². The van der Waals surface area contributed by atoms with Crippen molar-refractivity contribution >= 4 is 17.5 Å². The molecule has 1 aromatic heterocycles. The first kappa shape index (κ1) is 24.0. The molecule has 3 heterocycles. The normalized spacial score (nSPS) is 19.4. The summed E-state index contributed by atoms with van der Waals surface area (Å²) in [5.41, 5.74) is 1.53. The Bertz CT molecular complexity index is 1230. The summed E-state index contributed by atoms with van der Waals surface area (Å²) in [5.74, 6) is -0.875. The van der Waals surface area contributed by atoms with Crippen LogP contribution in [-0.2, 0) is 23.8 Å². The summed E-state index contributed by atoms with van der Waals surface area (Å²) in [6.07, 6.45) is -2.22. The monoisotopic (exact) mass is 497 g/mol. The molecular formula is C27H26F3N3O3. The van der Waals surface area contributed by atoms with Crippen LogP contribution in [0.2, 0.25) is 0 Å². The topological polar surface area (TPSA) is 65.8 Å². The van der Waals surface area contributed by atoms with Gasteiger partial charge in [0.2, 0.25) is 5.91 Å². The number of nitrogens with one attached hydrogen (secondary N) is 1. The van der Waals surface area contributed by atoms with Crippen molar-refractivity contribution in [3.8, 4) is 0 Å². The number of hydrogen-bond donors (Lipinski definition) is 1. The van der Waals surface area contributed by atoms with E-state index in [1.54, 1.807) is 17.0 Å². The molecule has 1 N–H and O–H groups in total. The van der Waals surface area contributed by atoms with Gasteiger partial charge in [0.1, 0.15) is 0 Å². The zero-order valence-corrected chi connectivity index (χ0v) is 19.5. The van der Waals surface area contributed by atoms with Crippen molar-refractivity contribution in [3.63, 3.8) is 0 Å². The summed E-state index contributed by atoms with van der Waals surface area (Å²) >= 11 is 0. The summed E-state index contributed by atoms with van der Waals surface area (Å²) < 4.78 is 45.5. The highest BCUT2D eigenvalue weighted by atomic mass is 19.4. The predicted octanol–water partition coefficient (Wildman–Crippen LogP) is 4.16. The first-order valence-corrected chi connectivity index (χ1v) is 11.9. The lowest BCUT2D eigenvalue weighted by molar-refractivity contribution is -0.137. The fourth-order valence-corrected chi connectivity index (χ4v) is 5.15. The molecule has 9 heteroatoms. The lowest BCUT2D eigenvalue weighted by Crippen LogP contribution is -2.62. The average molecular weight is 498 g/mol. The fraction of sp³-hybridized carbons (Fsp3) is 0.333. The van der Waals surface area contributed by atoms with Crippen LogP contribution < -0.4 is 10.2 Å². The van der Waals surface area contributed by atoms with Crippen molar-refractivity contribution in [3.05, 3.63) is 89.4 Å². The van der Waals surface area contributed by atoms with Gasteiger partial charge in [0.05, 0.1) is 23.8 Å². The number of alkyl halides is 3. The second-order valence-electron chi connectivity index (χ2n) is 9.17. The summed E-state index contributed by atoms with van der Waals surface area (Å²) in [6, 6.07) is 16.3. The Labute approximate surface area is 206 Å². The van der Waals surface area contributed by atoms with E-state index in [1.165, 1.54) is 12.3 Å². The number of carbonyl (C=O) groups excluding carboxylic acids is 2. The highest BCUT2D eigenvalue weighted by Gasteiger charge is 2.43. The van der Waals surface area contributed by atoms with Gasteiger partial charge in [-0.3, -0.25) is 9.59 Å². The minimum Gasteiger partial charge on any atom is -0.459 e. The summed E-state index contributed by atoms with van der Waals surface area (Å²) in [4.78, 5) is 29.9. The van der Waals surface area contributed by atoms with Gasteiger partial charge >= 0.3 is 6.18 Å². The number of fused-ring (bicyclic) bond motifs is 3. The fourth-order valence-electron chi connectivity index (χ4n) is 5.15. The zero-order valence-electron chi connectivity index (χ0n) is 19.5. The molecule has 0 unspecified atom stereocenters. The van der Waals surface area contributed by atoms with Gasteiger partial charge < -0.3 is 19.5 Å². The van der Waals surface area contributed by atoms with Crippen molar-refractivity contribution in [2.75, 3.05) is 31.1 Å². The summed E-state index contributed by atoms with van der Waals surface area (Å²) in [6.45, 7) is 1.47. The van der Waals surface area contributed by atoms with E-state index in [0.29, 0.717) is 37.3 Å². The number of hydrogen-bond acceptors (Lipinski definition) is 4. The average Bonchev–Trinajstić information content (AvgIpc) is 3.42. The van der Waals surface area contributed by atoms with E-state index in [-0.39, 0.29) is 36.6 Å². The third kappa shape index (κ3) is 4.82. The molecule has 0 radical (unpaired) electrons. The summed E-state index contributed by atoms with van der Waals surface area (Å²) in [5, 5.41) is 2.97. The molecule has 0 bridgehead atoms. The second kappa shape index (κ2) is 9.72. The molecule has 0 saturated carbocycles. The zero-order chi connectivity index (χ0) is 25.3. The van der Waals surface area contributed by atoms with Crippen LogP contribution >= 0.6 is 0 Å². The van der Waals surface area contributed by atoms with Gasteiger partial charge in [-0.05, 0) is 54.3 Å². The third-order valence-corrected chi connectivity index (χ3v) is 6.95. The van der Waals surface area contributed by atoms with E-state index in [4.69, 9.17) is 4.42 Å². The van der Waals surface area contributed by atoms with Crippen LogP contribution in [0.15, 0.2) is 71.3 Å². The first-order valence-electron chi connectivity index (χ1n) is 11.9. The van der Waals surface area contributed by atoms with Crippen LogP contribution in [0.4, 0.5) is 18.9 Å². The van der Waals surface area contributed by atoms with E-state index < -0.39 is 17.7 Å². The largest absolute Gasteiger partial charge is 0.459 e. The standard InChI is InChI=1S/C27H26F3N3O3/c28-27(29,30)20-8-9-22-19(15-20)16-21(25(34)31-11-10-18-5-2-1-3-6-18)23-17-32(12-13-33(22)23)26(35)24-7-4-14-36-24/h1-9,14-15,21,23H,10-13,16-17H2,(H,31,34)/t21-,23+/m1/s1. The van der Waals surface area contributed by atoms with Crippen LogP contribution in [0.5, 0.6) is 0 Å². The predicted molar refractivity (Wildman–Crippen MR) is 128 cm³/mol. The number of furan rings is 1. The van der Waals surface area contributed by atoms with Crippen LogP contribution in [0.25, 0.3) is 0 Å². The molecule has 2 aliphatic heterocycles. The van der Waals surface area contributed by atoms with Crippen molar-refractivity contribution in [1.82, 2.24) is 10.2 Å². The highest BCUT2D eigenvalue weighted by Crippen LogP contribution is 2.40. The van der Waals surface area contributed by atoms with Crippen molar-refractivity contribution < 1.29 is 27.2 Å². The molecular weight excluding hydrogens is 471 g/mol. The molecule has 2 amide bonds. The van der Waals surface area contributed by atoms with Gasteiger partial charge in [0, 0.05) is 31.9 Å². The number of carbonyl (C=O) groups is 2. The smallest absolute Gasteiger partial charge is 0.416 e. The second-order valence-corrected chi connectivity index (χ2v) is 9.17. The van der Waals surface area contributed by atoms with Crippen LogP contribution in [0.1, 0.15) is 27.2 Å². The maximum atomic E-state index is 13.4. The van der Waals surface area contributed by atoms with Gasteiger partial charge in [0.25, 0.3) is 5.91 Å². The molecule has 1 saturated heterocycles. The molecule has 188 valence electrons. The number of halogens is 3. The maximum absolute atomic E-state index is 13.4. The Hall–Kier alpha value is -3.75. The number of anilines is 1. The van der Waals surface area contributed by atoms with E-state index in [0.717, 1.165) is 17.7 Å². The Balaban J connectivity index is 1.39. The summed E-state index contributed by atoms with van der Waals surface area (Å²) in [7, 11) is 0. The van der Waals surface area contributed by atoms with E-state index in [1.807, 2.05) is 35.2 Å². The number of benzene rings is 2. The Morgan fingerprint density at radius 1 is 1.03 bits per heavy atom. The van der Waals surface area contributed by atoms with E-state index in [2.05, 4.69) is 5.32 Å². The van der Waals surface area contributed by atoms with Gasteiger partial charge in [-0.15, -0.1) is 0 Å². The SMILES string of the molecule is O=C(NCCc1ccccc1)[C@@H]1Cc2cc(C(F)(F)F)ccc2N2CCN(C(=O)c3ccco3)C[C@@H]12. The number of rotatable bonds is 5. The number of amides is 2. The van der Waals surface area contributed by atoms with Crippen molar-refractivity contribution in [1.29, 1.82) is 0 Å². The van der Waals surface area contributed by atoms with Crippen molar-refractivity contribution in [2.24, 2.45) is 5.92 Å². The van der Waals surface area contributed by atoms with E-state index >= 15 is 0 Å². The first-order chi connectivity index (χ1) is 17.3. The van der Waals surface area contributed by atoms with Gasteiger partial charge in [-0.25, -0.2) is 0 Å². The number of nitrogens with zero attached hydrogens (tertiary/aromatic N) is 2. The lowest BCUT2D eigenvalue weighted by Gasteiger charge is -2.49. The minimum atomic E-state index is -4.46. The molecule has 2 aliphatic rings. The quantitative estimate of drug-likeness (QED) is 0.575. The molecule has 5 rings (SSSR count). The molecule has 36 heavy (non-hydrogen) atoms. The molecule has 0 spiro atoms.